The number of carbonyl (C=O) groups is 2. The molecule has 0 saturated carbocycles. The zero-order valence-electron chi connectivity index (χ0n) is 15.4. The first kappa shape index (κ1) is 19.7. The molecule has 1 amide bonds. The molecule has 26 heavy (non-hydrogen) atoms. The molecule has 2 rings (SSSR count). The summed E-state index contributed by atoms with van der Waals surface area (Å²) in [6.45, 7) is 5.91. The van der Waals surface area contributed by atoms with Gasteiger partial charge in [0, 0.05) is 6.54 Å². The van der Waals surface area contributed by atoms with Gasteiger partial charge in [-0.15, -0.1) is 0 Å². The number of ether oxygens (including phenoxy) is 1. The first-order chi connectivity index (χ1) is 12.3. The van der Waals surface area contributed by atoms with Crippen LogP contribution in [0.5, 0.6) is 0 Å². The van der Waals surface area contributed by atoms with Gasteiger partial charge < -0.3 is 20.5 Å². The number of rotatable bonds is 7. The fourth-order valence-electron chi connectivity index (χ4n) is 2.63. The molecule has 0 heterocycles. The number of aliphatic carboxylic acids is 1. The highest BCUT2D eigenvalue weighted by Gasteiger charge is 2.23. The summed E-state index contributed by atoms with van der Waals surface area (Å²) in [5.41, 5.74) is 0.525. The van der Waals surface area contributed by atoms with Crippen molar-refractivity contribution in [3.8, 4) is 0 Å². The number of carboxylic acid groups (broad SMARTS) is 1. The van der Waals surface area contributed by atoms with Gasteiger partial charge in [-0.3, -0.25) is 0 Å². The van der Waals surface area contributed by atoms with Gasteiger partial charge in [0.1, 0.15) is 11.6 Å². The summed E-state index contributed by atoms with van der Waals surface area (Å²) < 4.78 is 5.10. The third-order valence-electron chi connectivity index (χ3n) is 3.79. The maximum Gasteiger partial charge on any atom is 0.408 e. The molecule has 0 bridgehead atoms. The molecule has 1 atom stereocenters. The minimum absolute atomic E-state index is 0.124. The van der Waals surface area contributed by atoms with Gasteiger partial charge in [0.25, 0.3) is 0 Å². The van der Waals surface area contributed by atoms with Gasteiger partial charge in [0.2, 0.25) is 0 Å². The lowest BCUT2D eigenvalue weighted by atomic mass is 10.0. The van der Waals surface area contributed by atoms with Crippen LogP contribution in [0.25, 0.3) is 10.8 Å². The largest absolute Gasteiger partial charge is 0.480 e. The molecule has 140 valence electrons. The molecule has 0 aliphatic carbocycles. The van der Waals surface area contributed by atoms with Crippen LogP contribution >= 0.6 is 0 Å². The number of hydrogen-bond donors (Lipinski definition) is 3. The van der Waals surface area contributed by atoms with Crippen LogP contribution in [0.3, 0.4) is 0 Å². The average molecular weight is 358 g/mol. The normalized spacial score (nSPS) is 12.6. The Labute approximate surface area is 153 Å². The van der Waals surface area contributed by atoms with E-state index in [0.29, 0.717) is 6.54 Å². The summed E-state index contributed by atoms with van der Waals surface area (Å²) in [5, 5.41) is 17.1. The molecule has 6 nitrogen and oxygen atoms in total. The third kappa shape index (κ3) is 6.04. The SMILES string of the molecule is CC(C)(C)OC(=O)NC(CNCCc1cccc2ccccc12)C(=O)O. The number of nitrogens with one attached hydrogen (secondary N) is 2. The first-order valence-corrected chi connectivity index (χ1v) is 8.66. The van der Waals surface area contributed by atoms with Crippen LogP contribution in [0.2, 0.25) is 0 Å². The van der Waals surface area contributed by atoms with Crippen molar-refractivity contribution >= 4 is 22.8 Å². The van der Waals surface area contributed by atoms with Gasteiger partial charge in [-0.2, -0.15) is 0 Å². The van der Waals surface area contributed by atoms with Crippen molar-refractivity contribution < 1.29 is 19.4 Å². The lowest BCUT2D eigenvalue weighted by molar-refractivity contribution is -0.139. The first-order valence-electron chi connectivity index (χ1n) is 8.66. The van der Waals surface area contributed by atoms with Gasteiger partial charge >= 0.3 is 12.1 Å². The Morgan fingerprint density at radius 2 is 1.81 bits per heavy atom. The zero-order valence-corrected chi connectivity index (χ0v) is 15.4. The zero-order chi connectivity index (χ0) is 19.2. The van der Waals surface area contributed by atoms with Gasteiger partial charge in [0.15, 0.2) is 0 Å². The van der Waals surface area contributed by atoms with Crippen molar-refractivity contribution in [2.24, 2.45) is 0 Å². The molecule has 0 aliphatic rings. The van der Waals surface area contributed by atoms with E-state index in [0.717, 1.165) is 6.42 Å². The average Bonchev–Trinajstić information content (AvgIpc) is 2.55. The maximum atomic E-state index is 11.7. The number of fused-ring (bicyclic) bond motifs is 1. The van der Waals surface area contributed by atoms with E-state index in [1.807, 2.05) is 18.2 Å². The Kier molecular flexibility index (Phi) is 6.58. The van der Waals surface area contributed by atoms with Crippen LogP contribution in [0.15, 0.2) is 42.5 Å². The van der Waals surface area contributed by atoms with Crippen LogP contribution in [-0.2, 0) is 16.0 Å². The fourth-order valence-corrected chi connectivity index (χ4v) is 2.63. The van der Waals surface area contributed by atoms with Gasteiger partial charge in [0.05, 0.1) is 0 Å². The van der Waals surface area contributed by atoms with E-state index in [-0.39, 0.29) is 6.54 Å². The predicted octanol–water partition coefficient (Wildman–Crippen LogP) is 2.95. The summed E-state index contributed by atoms with van der Waals surface area (Å²) >= 11 is 0. The minimum Gasteiger partial charge on any atom is -0.480 e. The number of hydrogen-bond acceptors (Lipinski definition) is 4. The van der Waals surface area contributed by atoms with E-state index >= 15 is 0 Å². The summed E-state index contributed by atoms with van der Waals surface area (Å²) in [6, 6.07) is 13.3. The molecule has 0 aromatic heterocycles. The van der Waals surface area contributed by atoms with E-state index in [4.69, 9.17) is 4.74 Å². The molecule has 0 radical (unpaired) electrons. The number of amides is 1. The highest BCUT2D eigenvalue weighted by molar-refractivity contribution is 5.85. The Hall–Kier alpha value is -2.60. The van der Waals surface area contributed by atoms with Crippen LogP contribution in [0.4, 0.5) is 4.79 Å². The van der Waals surface area contributed by atoms with Crippen molar-refractivity contribution in [3.63, 3.8) is 0 Å². The Balaban J connectivity index is 1.86. The molecule has 3 N–H and O–H groups in total. The van der Waals surface area contributed by atoms with Gasteiger partial charge in [-0.1, -0.05) is 42.5 Å². The summed E-state index contributed by atoms with van der Waals surface area (Å²) in [5.74, 6) is -1.10. The molecular weight excluding hydrogens is 332 g/mol. The van der Waals surface area contributed by atoms with E-state index < -0.39 is 23.7 Å². The molecule has 0 aliphatic heterocycles. The fraction of sp³-hybridized carbons (Fsp3) is 0.400. The summed E-state index contributed by atoms with van der Waals surface area (Å²) in [4.78, 5) is 23.1. The smallest absolute Gasteiger partial charge is 0.408 e. The van der Waals surface area contributed by atoms with Crippen molar-refractivity contribution in [1.29, 1.82) is 0 Å². The quantitative estimate of drug-likeness (QED) is 0.663. The van der Waals surface area contributed by atoms with Crippen molar-refractivity contribution in [3.05, 3.63) is 48.0 Å². The van der Waals surface area contributed by atoms with Crippen LogP contribution in [0, 0.1) is 0 Å². The van der Waals surface area contributed by atoms with E-state index in [2.05, 4.69) is 34.9 Å². The maximum absolute atomic E-state index is 11.7. The Morgan fingerprint density at radius 3 is 2.50 bits per heavy atom. The lowest BCUT2D eigenvalue weighted by Crippen LogP contribution is -2.49. The standard InChI is InChI=1S/C20H26N2O4/c1-20(2,3)26-19(25)22-17(18(23)24)13-21-12-11-15-9-6-8-14-7-4-5-10-16(14)15/h4-10,17,21H,11-13H2,1-3H3,(H,22,25)(H,23,24). The van der Waals surface area contributed by atoms with Crippen LogP contribution in [0.1, 0.15) is 26.3 Å². The van der Waals surface area contributed by atoms with Crippen molar-refractivity contribution in [2.75, 3.05) is 13.1 Å². The molecule has 0 fully saturated rings. The second kappa shape index (κ2) is 8.67. The molecule has 6 heteroatoms. The number of carboxylic acids is 1. The van der Waals surface area contributed by atoms with Gasteiger partial charge in [-0.05, 0) is 50.1 Å². The monoisotopic (exact) mass is 358 g/mol. The van der Waals surface area contributed by atoms with E-state index in [1.165, 1.54) is 16.3 Å². The van der Waals surface area contributed by atoms with Crippen molar-refractivity contribution in [1.82, 2.24) is 10.6 Å². The summed E-state index contributed by atoms with van der Waals surface area (Å²) in [6.07, 6.45) is 0.0286. The molecule has 0 saturated heterocycles. The van der Waals surface area contributed by atoms with E-state index in [1.54, 1.807) is 20.8 Å². The Bertz CT molecular complexity index is 762. The van der Waals surface area contributed by atoms with Crippen molar-refractivity contribution in [2.45, 2.75) is 38.8 Å². The van der Waals surface area contributed by atoms with Crippen LogP contribution in [-0.4, -0.2) is 41.9 Å². The second-order valence-electron chi connectivity index (χ2n) is 7.13. The molecule has 0 spiro atoms. The Morgan fingerprint density at radius 1 is 1.12 bits per heavy atom. The highest BCUT2D eigenvalue weighted by Crippen LogP contribution is 2.18. The number of carbonyl (C=O) groups excluding carboxylic acids is 1. The second-order valence-corrected chi connectivity index (χ2v) is 7.13. The highest BCUT2D eigenvalue weighted by atomic mass is 16.6. The third-order valence-corrected chi connectivity index (χ3v) is 3.79. The van der Waals surface area contributed by atoms with Gasteiger partial charge in [-0.25, -0.2) is 9.59 Å². The number of alkyl carbamates (subject to hydrolysis) is 1. The molecule has 2 aromatic rings. The predicted molar refractivity (Wildman–Crippen MR) is 101 cm³/mol. The molecular formula is C20H26N2O4. The topological polar surface area (TPSA) is 87.7 Å². The molecule has 1 unspecified atom stereocenters. The summed E-state index contributed by atoms with van der Waals surface area (Å²) in [7, 11) is 0. The van der Waals surface area contributed by atoms with E-state index in [9.17, 15) is 14.7 Å². The van der Waals surface area contributed by atoms with Crippen LogP contribution < -0.4 is 10.6 Å². The number of benzene rings is 2. The minimum atomic E-state index is -1.10. The lowest BCUT2D eigenvalue weighted by Gasteiger charge is -2.22. The molecule has 2 aromatic carbocycles.